The summed E-state index contributed by atoms with van der Waals surface area (Å²) in [6.45, 7) is 5.46. The van der Waals surface area contributed by atoms with E-state index in [1.807, 2.05) is 38.1 Å². The first-order chi connectivity index (χ1) is 15.1. The predicted octanol–water partition coefficient (Wildman–Crippen LogP) is 4.73. The van der Waals surface area contributed by atoms with Gasteiger partial charge in [0.25, 0.3) is 11.8 Å². The van der Waals surface area contributed by atoms with Gasteiger partial charge in [-0.2, -0.15) is 0 Å². The van der Waals surface area contributed by atoms with Gasteiger partial charge in [0, 0.05) is 11.1 Å². The van der Waals surface area contributed by atoms with Crippen LogP contribution in [-0.2, 0) is 0 Å². The molecule has 0 aliphatic heterocycles. The summed E-state index contributed by atoms with van der Waals surface area (Å²) in [6.07, 6.45) is -1.80. The molecule has 172 valence electrons. The van der Waals surface area contributed by atoms with E-state index >= 15 is 0 Å². The molecule has 2 rings (SSSR count). The first-order valence-corrected chi connectivity index (χ1v) is 11.4. The molecule has 0 radical (unpaired) electrons. The number of aliphatic imine (C=N–C) groups is 1. The SMILES string of the molecule is C/C(=N\C(NC(=O)c1ccc(C)cc1)C(Cl)Cl)NC(NC(=O)c1ccc(C)cc1)C(Cl)Cl. The smallest absolute Gasteiger partial charge is 0.252 e. The lowest BCUT2D eigenvalue weighted by Gasteiger charge is -2.23. The van der Waals surface area contributed by atoms with Crippen LogP contribution in [0.5, 0.6) is 0 Å². The van der Waals surface area contributed by atoms with Crippen molar-refractivity contribution < 1.29 is 9.59 Å². The van der Waals surface area contributed by atoms with Crippen molar-refractivity contribution in [3.05, 3.63) is 70.8 Å². The summed E-state index contributed by atoms with van der Waals surface area (Å²) in [5.41, 5.74) is 2.96. The van der Waals surface area contributed by atoms with Gasteiger partial charge in [0.1, 0.15) is 15.8 Å². The van der Waals surface area contributed by atoms with Gasteiger partial charge >= 0.3 is 0 Å². The molecule has 0 saturated carbocycles. The van der Waals surface area contributed by atoms with Gasteiger partial charge in [-0.05, 0) is 45.0 Å². The minimum atomic E-state index is -1.02. The maximum absolute atomic E-state index is 12.5. The summed E-state index contributed by atoms with van der Waals surface area (Å²) in [7, 11) is 0. The fourth-order valence-electron chi connectivity index (χ4n) is 2.64. The van der Waals surface area contributed by atoms with Crippen LogP contribution in [0.2, 0.25) is 0 Å². The van der Waals surface area contributed by atoms with E-state index < -0.39 is 22.0 Å². The molecular weight excluding hydrogens is 494 g/mol. The largest absolute Gasteiger partial charge is 0.352 e. The third kappa shape index (κ3) is 8.17. The van der Waals surface area contributed by atoms with E-state index in [0.29, 0.717) is 17.0 Å². The van der Waals surface area contributed by atoms with Gasteiger partial charge in [0.2, 0.25) is 0 Å². The molecule has 0 aromatic heterocycles. The van der Waals surface area contributed by atoms with Crippen LogP contribution in [0.4, 0.5) is 0 Å². The molecular formula is C22H24Cl4N4O2. The second-order valence-electron chi connectivity index (χ2n) is 7.13. The van der Waals surface area contributed by atoms with Crippen molar-refractivity contribution in [2.45, 2.75) is 42.8 Å². The summed E-state index contributed by atoms with van der Waals surface area (Å²) in [5, 5.41) is 8.30. The van der Waals surface area contributed by atoms with Crippen LogP contribution in [0.15, 0.2) is 53.5 Å². The van der Waals surface area contributed by atoms with Crippen molar-refractivity contribution in [3.8, 4) is 0 Å². The van der Waals surface area contributed by atoms with Crippen LogP contribution in [0.3, 0.4) is 0 Å². The van der Waals surface area contributed by atoms with Gasteiger partial charge in [0.05, 0.1) is 5.84 Å². The normalized spacial score (nSPS) is 13.6. The van der Waals surface area contributed by atoms with E-state index in [4.69, 9.17) is 46.4 Å². The molecule has 2 unspecified atom stereocenters. The monoisotopic (exact) mass is 516 g/mol. The predicted molar refractivity (Wildman–Crippen MR) is 132 cm³/mol. The number of carbonyl (C=O) groups excluding carboxylic acids is 2. The number of hydrogen-bond acceptors (Lipinski definition) is 3. The van der Waals surface area contributed by atoms with Crippen LogP contribution in [0, 0.1) is 13.8 Å². The van der Waals surface area contributed by atoms with E-state index in [2.05, 4.69) is 20.9 Å². The molecule has 10 heteroatoms. The molecule has 32 heavy (non-hydrogen) atoms. The van der Waals surface area contributed by atoms with Crippen LogP contribution in [0.1, 0.15) is 38.8 Å². The molecule has 6 nitrogen and oxygen atoms in total. The van der Waals surface area contributed by atoms with Crippen LogP contribution in [-0.4, -0.2) is 39.7 Å². The highest BCUT2D eigenvalue weighted by Gasteiger charge is 2.23. The van der Waals surface area contributed by atoms with Gasteiger partial charge < -0.3 is 16.0 Å². The molecule has 2 atom stereocenters. The molecule has 2 amide bonds. The van der Waals surface area contributed by atoms with Crippen molar-refractivity contribution in [1.29, 1.82) is 0 Å². The first-order valence-electron chi connectivity index (χ1n) is 9.69. The van der Waals surface area contributed by atoms with Gasteiger partial charge in [-0.25, -0.2) is 4.99 Å². The van der Waals surface area contributed by atoms with Crippen molar-refractivity contribution >= 4 is 64.1 Å². The maximum atomic E-state index is 12.5. The summed E-state index contributed by atoms with van der Waals surface area (Å²) in [4.78, 5) is 27.3. The molecule has 0 spiro atoms. The standard InChI is InChI=1S/C22H24Cl4N4O2/c1-12-4-8-15(9-5-12)21(31)29-19(17(23)24)27-14(3)28-20(18(25)26)30-22(32)16-10-6-13(2)7-11-16/h4-11,17-20H,1-3H3,(H,27,28)(H,29,31)(H,30,32). The van der Waals surface area contributed by atoms with Crippen molar-refractivity contribution in [1.82, 2.24) is 16.0 Å². The summed E-state index contributed by atoms with van der Waals surface area (Å²) < 4.78 is 0. The number of amidine groups is 1. The van der Waals surface area contributed by atoms with Gasteiger partial charge in [-0.15, -0.1) is 46.4 Å². The lowest BCUT2D eigenvalue weighted by Crippen LogP contribution is -2.52. The second kappa shape index (κ2) is 12.3. The summed E-state index contributed by atoms with van der Waals surface area (Å²) in [6, 6.07) is 14.1. The average Bonchev–Trinajstić information content (AvgIpc) is 2.73. The van der Waals surface area contributed by atoms with Crippen molar-refractivity contribution in [2.24, 2.45) is 4.99 Å². The molecule has 0 saturated heterocycles. The quantitative estimate of drug-likeness (QED) is 0.205. The zero-order valence-corrected chi connectivity index (χ0v) is 20.7. The van der Waals surface area contributed by atoms with Crippen molar-refractivity contribution in [3.63, 3.8) is 0 Å². The van der Waals surface area contributed by atoms with E-state index in [1.54, 1.807) is 31.2 Å². The Kier molecular flexibility index (Phi) is 10.1. The molecule has 0 fully saturated rings. The molecule has 0 bridgehead atoms. The van der Waals surface area contributed by atoms with Gasteiger partial charge in [0.15, 0.2) is 6.17 Å². The van der Waals surface area contributed by atoms with E-state index in [-0.39, 0.29) is 11.8 Å². The number of hydrogen-bond donors (Lipinski definition) is 3. The van der Waals surface area contributed by atoms with Gasteiger partial charge in [-0.3, -0.25) is 9.59 Å². The average molecular weight is 518 g/mol. The number of aryl methyl sites for hydroxylation is 2. The van der Waals surface area contributed by atoms with Gasteiger partial charge in [-0.1, -0.05) is 35.4 Å². The molecule has 0 heterocycles. The molecule has 3 N–H and O–H groups in total. The van der Waals surface area contributed by atoms with Crippen LogP contribution >= 0.6 is 46.4 Å². The lowest BCUT2D eigenvalue weighted by atomic mass is 10.1. The van der Waals surface area contributed by atoms with E-state index in [0.717, 1.165) is 11.1 Å². The highest BCUT2D eigenvalue weighted by atomic mass is 35.5. The minimum Gasteiger partial charge on any atom is -0.352 e. The highest BCUT2D eigenvalue weighted by Crippen LogP contribution is 2.13. The number of benzene rings is 2. The zero-order chi connectivity index (χ0) is 23.8. The fraction of sp³-hybridized carbons (Fsp3) is 0.318. The lowest BCUT2D eigenvalue weighted by molar-refractivity contribution is 0.0931. The Hall–Kier alpha value is -1.99. The zero-order valence-electron chi connectivity index (χ0n) is 17.7. The summed E-state index contributed by atoms with van der Waals surface area (Å²) >= 11 is 24.1. The number of alkyl halides is 4. The maximum Gasteiger partial charge on any atom is 0.252 e. The Morgan fingerprint density at radius 3 is 1.56 bits per heavy atom. The first kappa shape index (κ1) is 26.3. The fourth-order valence-corrected chi connectivity index (χ4v) is 3.13. The Morgan fingerprint density at radius 2 is 1.16 bits per heavy atom. The van der Waals surface area contributed by atoms with Crippen LogP contribution < -0.4 is 16.0 Å². The number of amides is 2. The Bertz CT molecular complexity index is 947. The topological polar surface area (TPSA) is 82.6 Å². The number of nitrogens with zero attached hydrogens (tertiary/aromatic N) is 1. The minimum absolute atomic E-state index is 0.311. The number of carbonyl (C=O) groups is 2. The molecule has 2 aromatic carbocycles. The molecule has 0 aliphatic carbocycles. The molecule has 2 aromatic rings. The Balaban J connectivity index is 2.08. The number of halogens is 4. The summed E-state index contributed by atoms with van der Waals surface area (Å²) in [5.74, 6) is -0.431. The van der Waals surface area contributed by atoms with E-state index in [1.165, 1.54) is 0 Å². The third-order valence-electron chi connectivity index (χ3n) is 4.38. The Labute approximate surface area is 207 Å². The highest BCUT2D eigenvalue weighted by molar-refractivity contribution is 6.45. The van der Waals surface area contributed by atoms with Crippen LogP contribution in [0.25, 0.3) is 0 Å². The number of nitrogens with one attached hydrogen (secondary N) is 3. The molecule has 0 aliphatic rings. The second-order valence-corrected chi connectivity index (χ2v) is 9.46. The number of rotatable bonds is 8. The van der Waals surface area contributed by atoms with Crippen molar-refractivity contribution in [2.75, 3.05) is 0 Å². The Morgan fingerprint density at radius 1 is 0.719 bits per heavy atom. The van der Waals surface area contributed by atoms with E-state index in [9.17, 15) is 9.59 Å². The third-order valence-corrected chi connectivity index (χ3v) is 5.36.